The van der Waals surface area contributed by atoms with Crippen LogP contribution in [0.25, 0.3) is 0 Å². The molecule has 2 aliphatic rings. The summed E-state index contributed by atoms with van der Waals surface area (Å²) in [5, 5.41) is 0. The van der Waals surface area contributed by atoms with Gasteiger partial charge in [-0.1, -0.05) is 30.3 Å². The van der Waals surface area contributed by atoms with E-state index in [4.69, 9.17) is 0 Å². The molecule has 4 rings (SSSR count). The van der Waals surface area contributed by atoms with E-state index in [1.54, 1.807) is 6.33 Å². The first-order valence-electron chi connectivity index (χ1n) is 8.83. The fourth-order valence-electron chi connectivity index (χ4n) is 4.29. The summed E-state index contributed by atoms with van der Waals surface area (Å²) in [5.74, 6) is 0.314. The number of aromatic nitrogens is 2. The summed E-state index contributed by atoms with van der Waals surface area (Å²) < 4.78 is 0. The van der Waals surface area contributed by atoms with Crippen molar-refractivity contribution in [2.75, 3.05) is 13.1 Å². The predicted molar refractivity (Wildman–Crippen MR) is 92.1 cm³/mol. The third-order valence-electron chi connectivity index (χ3n) is 5.46. The molecule has 5 nitrogen and oxygen atoms in total. The lowest BCUT2D eigenvalue weighted by Gasteiger charge is -2.44. The molecule has 2 aromatic rings. The zero-order chi connectivity index (χ0) is 16.4. The summed E-state index contributed by atoms with van der Waals surface area (Å²) in [6, 6.07) is 10.3. The van der Waals surface area contributed by atoms with Crippen LogP contribution in [0.2, 0.25) is 0 Å². The largest absolute Gasteiger partial charge is 0.347 e. The standard InChI is InChI=1S/C19H24N4O/c24-18-19(9-5-11-23(19)14-17-12-20-15-21-17)8-4-10-22(18)13-16-6-2-1-3-7-16/h1-3,6-7,12,15H,4-5,8-11,13-14H2,(H,20,21). The maximum absolute atomic E-state index is 13.4. The molecule has 126 valence electrons. The Morgan fingerprint density at radius 1 is 1.08 bits per heavy atom. The SMILES string of the molecule is O=C1N(Cc2ccccc2)CCCC12CCCN2Cc1cnc[nH]1. The minimum Gasteiger partial charge on any atom is -0.347 e. The number of hydrogen-bond donors (Lipinski definition) is 1. The summed E-state index contributed by atoms with van der Waals surface area (Å²) in [6.07, 6.45) is 7.71. The fraction of sp³-hybridized carbons (Fsp3) is 0.474. The second-order valence-corrected chi connectivity index (χ2v) is 6.95. The first-order valence-corrected chi connectivity index (χ1v) is 8.83. The smallest absolute Gasteiger partial charge is 0.243 e. The monoisotopic (exact) mass is 324 g/mol. The first-order chi connectivity index (χ1) is 11.8. The lowest BCUT2D eigenvalue weighted by molar-refractivity contribution is -0.148. The van der Waals surface area contributed by atoms with Gasteiger partial charge in [0.25, 0.3) is 0 Å². The Morgan fingerprint density at radius 3 is 2.62 bits per heavy atom. The van der Waals surface area contributed by atoms with Gasteiger partial charge in [0.15, 0.2) is 0 Å². The summed E-state index contributed by atoms with van der Waals surface area (Å²) in [7, 11) is 0. The Kier molecular flexibility index (Phi) is 4.10. The van der Waals surface area contributed by atoms with Crippen LogP contribution < -0.4 is 0 Å². The zero-order valence-electron chi connectivity index (χ0n) is 13.9. The number of amides is 1. The highest BCUT2D eigenvalue weighted by molar-refractivity contribution is 5.87. The Balaban J connectivity index is 1.54. The maximum Gasteiger partial charge on any atom is 0.243 e. The molecule has 2 saturated heterocycles. The third kappa shape index (κ3) is 2.73. The van der Waals surface area contributed by atoms with Crippen LogP contribution in [0.5, 0.6) is 0 Å². The molecule has 5 heteroatoms. The number of nitrogens with zero attached hydrogens (tertiary/aromatic N) is 3. The van der Waals surface area contributed by atoms with Gasteiger partial charge in [0, 0.05) is 31.5 Å². The highest BCUT2D eigenvalue weighted by Gasteiger charge is 2.50. The van der Waals surface area contributed by atoms with Crippen molar-refractivity contribution in [1.82, 2.24) is 19.8 Å². The van der Waals surface area contributed by atoms with Crippen LogP contribution in [0, 0.1) is 0 Å². The number of likely N-dealkylation sites (tertiary alicyclic amines) is 2. The lowest BCUT2D eigenvalue weighted by atomic mass is 9.85. The Hall–Kier alpha value is -2.14. The molecule has 2 fully saturated rings. The highest BCUT2D eigenvalue weighted by Crippen LogP contribution is 2.39. The molecular weight excluding hydrogens is 300 g/mol. The van der Waals surface area contributed by atoms with Gasteiger partial charge in [0.1, 0.15) is 5.54 Å². The number of rotatable bonds is 4. The quantitative estimate of drug-likeness (QED) is 0.940. The van der Waals surface area contributed by atoms with Crippen LogP contribution in [0.4, 0.5) is 0 Å². The van der Waals surface area contributed by atoms with E-state index < -0.39 is 0 Å². The summed E-state index contributed by atoms with van der Waals surface area (Å²) in [6.45, 7) is 3.36. The molecular formula is C19H24N4O. The molecule has 24 heavy (non-hydrogen) atoms. The lowest BCUT2D eigenvalue weighted by Crippen LogP contribution is -2.59. The molecule has 0 aliphatic carbocycles. The minimum absolute atomic E-state index is 0.307. The summed E-state index contributed by atoms with van der Waals surface area (Å²) in [4.78, 5) is 25.1. The van der Waals surface area contributed by atoms with E-state index in [0.29, 0.717) is 5.91 Å². The van der Waals surface area contributed by atoms with E-state index in [9.17, 15) is 4.79 Å². The van der Waals surface area contributed by atoms with Gasteiger partial charge in [-0.05, 0) is 37.8 Å². The zero-order valence-corrected chi connectivity index (χ0v) is 13.9. The second kappa shape index (κ2) is 6.40. The molecule has 0 saturated carbocycles. The maximum atomic E-state index is 13.4. The van der Waals surface area contributed by atoms with Crippen LogP contribution in [0.15, 0.2) is 42.9 Å². The van der Waals surface area contributed by atoms with Crippen LogP contribution in [0.1, 0.15) is 36.9 Å². The van der Waals surface area contributed by atoms with Gasteiger partial charge < -0.3 is 9.88 Å². The topological polar surface area (TPSA) is 52.2 Å². The third-order valence-corrected chi connectivity index (χ3v) is 5.46. The van der Waals surface area contributed by atoms with Crippen molar-refractivity contribution in [1.29, 1.82) is 0 Å². The van der Waals surface area contributed by atoms with Crippen molar-refractivity contribution >= 4 is 5.91 Å². The molecule has 1 amide bonds. The van der Waals surface area contributed by atoms with E-state index in [-0.39, 0.29) is 5.54 Å². The van der Waals surface area contributed by atoms with Crippen molar-refractivity contribution in [3.05, 3.63) is 54.1 Å². The second-order valence-electron chi connectivity index (χ2n) is 6.95. The van der Waals surface area contributed by atoms with Crippen LogP contribution >= 0.6 is 0 Å². The molecule has 0 bridgehead atoms. The molecule has 1 N–H and O–H groups in total. The number of hydrogen-bond acceptors (Lipinski definition) is 3. The highest BCUT2D eigenvalue weighted by atomic mass is 16.2. The molecule has 0 radical (unpaired) electrons. The average molecular weight is 324 g/mol. The number of H-pyrrole nitrogens is 1. The molecule has 1 aromatic heterocycles. The molecule has 1 spiro atoms. The number of nitrogens with one attached hydrogen (secondary N) is 1. The molecule has 3 heterocycles. The van der Waals surface area contributed by atoms with E-state index in [1.807, 2.05) is 24.4 Å². The van der Waals surface area contributed by atoms with Gasteiger partial charge in [0.2, 0.25) is 5.91 Å². The van der Waals surface area contributed by atoms with Gasteiger partial charge in [-0.15, -0.1) is 0 Å². The van der Waals surface area contributed by atoms with Gasteiger partial charge in [-0.3, -0.25) is 9.69 Å². The summed E-state index contributed by atoms with van der Waals surface area (Å²) in [5.41, 5.74) is 1.99. The summed E-state index contributed by atoms with van der Waals surface area (Å²) >= 11 is 0. The molecule has 2 aliphatic heterocycles. The van der Waals surface area contributed by atoms with Crippen molar-refractivity contribution in [3.63, 3.8) is 0 Å². The first kappa shape index (κ1) is 15.4. The predicted octanol–water partition coefficient (Wildman–Crippen LogP) is 2.57. The molecule has 1 aromatic carbocycles. The van der Waals surface area contributed by atoms with Crippen LogP contribution in [-0.2, 0) is 17.9 Å². The van der Waals surface area contributed by atoms with Gasteiger partial charge >= 0.3 is 0 Å². The van der Waals surface area contributed by atoms with Crippen LogP contribution in [0.3, 0.4) is 0 Å². The van der Waals surface area contributed by atoms with Crippen molar-refractivity contribution in [3.8, 4) is 0 Å². The normalized spacial score (nSPS) is 24.8. The number of benzene rings is 1. The number of carbonyl (C=O) groups is 1. The number of imidazole rings is 1. The number of piperidine rings is 1. The molecule has 1 unspecified atom stereocenters. The molecule has 1 atom stereocenters. The Bertz CT molecular complexity index is 685. The Morgan fingerprint density at radius 2 is 1.88 bits per heavy atom. The van der Waals surface area contributed by atoms with Crippen LogP contribution in [-0.4, -0.2) is 44.3 Å². The van der Waals surface area contributed by atoms with Gasteiger partial charge in [-0.25, -0.2) is 4.98 Å². The Labute approximate surface area is 142 Å². The number of carbonyl (C=O) groups excluding carboxylic acids is 1. The fourth-order valence-corrected chi connectivity index (χ4v) is 4.29. The van der Waals surface area contributed by atoms with Crippen molar-refractivity contribution in [2.45, 2.75) is 44.3 Å². The van der Waals surface area contributed by atoms with E-state index in [2.05, 4.69) is 31.9 Å². The van der Waals surface area contributed by atoms with Crippen molar-refractivity contribution in [2.24, 2.45) is 0 Å². The van der Waals surface area contributed by atoms with Gasteiger partial charge in [-0.2, -0.15) is 0 Å². The average Bonchev–Trinajstić information content (AvgIpc) is 3.25. The number of aromatic amines is 1. The van der Waals surface area contributed by atoms with Crippen molar-refractivity contribution < 1.29 is 4.79 Å². The van der Waals surface area contributed by atoms with E-state index >= 15 is 0 Å². The minimum atomic E-state index is -0.307. The van der Waals surface area contributed by atoms with E-state index in [1.165, 1.54) is 5.56 Å². The van der Waals surface area contributed by atoms with Gasteiger partial charge in [0.05, 0.1) is 6.33 Å². The van der Waals surface area contributed by atoms with E-state index in [0.717, 1.165) is 57.6 Å².